The average Bonchev–Trinajstić information content (AvgIpc) is 3.11. The summed E-state index contributed by atoms with van der Waals surface area (Å²) in [7, 11) is -3.50. The van der Waals surface area contributed by atoms with Crippen molar-refractivity contribution in [3.05, 3.63) is 28.7 Å². The highest BCUT2D eigenvalue weighted by molar-refractivity contribution is 9.10. The quantitative estimate of drug-likeness (QED) is 0.874. The van der Waals surface area contributed by atoms with E-state index < -0.39 is 10.0 Å². The third-order valence-electron chi connectivity index (χ3n) is 3.90. The molecular formula is C14H17BrN2O3S. The summed E-state index contributed by atoms with van der Waals surface area (Å²) in [6, 6.07) is 6.89. The van der Waals surface area contributed by atoms with Crippen LogP contribution < -0.4 is 5.32 Å². The monoisotopic (exact) mass is 372 g/mol. The molecule has 1 saturated heterocycles. The number of hydrogen-bond acceptors (Lipinski definition) is 3. The highest BCUT2D eigenvalue weighted by Crippen LogP contribution is 2.26. The molecular weight excluding hydrogens is 356 g/mol. The van der Waals surface area contributed by atoms with E-state index >= 15 is 0 Å². The molecule has 2 aliphatic rings. The second-order valence-electron chi connectivity index (χ2n) is 5.59. The van der Waals surface area contributed by atoms with E-state index in [1.165, 1.54) is 4.31 Å². The van der Waals surface area contributed by atoms with Gasteiger partial charge in [-0.15, -0.1) is 0 Å². The second-order valence-corrected chi connectivity index (χ2v) is 8.44. The SMILES string of the molecule is O=C(NC1CC1)C1CCN(S(=O)(=O)c2ccc(Br)cc2)C1. The van der Waals surface area contributed by atoms with E-state index in [1.54, 1.807) is 24.3 Å². The first-order chi connectivity index (χ1) is 9.96. The van der Waals surface area contributed by atoms with E-state index in [1.807, 2.05) is 0 Å². The zero-order valence-electron chi connectivity index (χ0n) is 11.5. The standard InChI is InChI=1S/C14H17BrN2O3S/c15-11-1-5-13(6-2-11)21(19,20)17-8-7-10(9-17)14(18)16-12-3-4-12/h1-2,5-6,10,12H,3-4,7-9H2,(H,16,18). The molecule has 1 N–H and O–H groups in total. The molecule has 0 bridgehead atoms. The van der Waals surface area contributed by atoms with Gasteiger partial charge in [-0.1, -0.05) is 15.9 Å². The van der Waals surface area contributed by atoms with Crippen LogP contribution in [0.3, 0.4) is 0 Å². The molecule has 1 aromatic rings. The van der Waals surface area contributed by atoms with Crippen LogP contribution in [0.1, 0.15) is 19.3 Å². The summed E-state index contributed by atoms with van der Waals surface area (Å²) in [5.74, 6) is -0.234. The maximum atomic E-state index is 12.5. The maximum Gasteiger partial charge on any atom is 0.243 e. The molecule has 1 amide bonds. The summed E-state index contributed by atoms with van der Waals surface area (Å²) in [6.45, 7) is 0.679. The van der Waals surface area contributed by atoms with Crippen molar-refractivity contribution in [2.24, 2.45) is 5.92 Å². The Morgan fingerprint density at radius 3 is 2.48 bits per heavy atom. The van der Waals surface area contributed by atoms with Gasteiger partial charge in [0.25, 0.3) is 0 Å². The fraction of sp³-hybridized carbons (Fsp3) is 0.500. The Balaban J connectivity index is 1.69. The van der Waals surface area contributed by atoms with E-state index in [9.17, 15) is 13.2 Å². The van der Waals surface area contributed by atoms with Gasteiger partial charge in [-0.2, -0.15) is 4.31 Å². The first-order valence-corrected chi connectivity index (χ1v) is 9.26. The van der Waals surface area contributed by atoms with E-state index in [2.05, 4.69) is 21.2 Å². The number of carbonyl (C=O) groups excluding carboxylic acids is 1. The van der Waals surface area contributed by atoms with Crippen molar-refractivity contribution >= 4 is 31.9 Å². The Morgan fingerprint density at radius 2 is 1.86 bits per heavy atom. The summed E-state index contributed by atoms with van der Waals surface area (Å²) in [6.07, 6.45) is 2.67. The second kappa shape index (κ2) is 5.70. The van der Waals surface area contributed by atoms with E-state index in [4.69, 9.17) is 0 Å². The Hall–Kier alpha value is -0.920. The normalized spacial score (nSPS) is 23.2. The summed E-state index contributed by atoms with van der Waals surface area (Å²) in [5, 5.41) is 2.95. The summed E-state index contributed by atoms with van der Waals surface area (Å²) >= 11 is 3.29. The van der Waals surface area contributed by atoms with Crippen LogP contribution in [0.5, 0.6) is 0 Å². The van der Waals surface area contributed by atoms with Crippen LogP contribution in [0, 0.1) is 5.92 Å². The van der Waals surface area contributed by atoms with Crippen LogP contribution >= 0.6 is 15.9 Å². The minimum Gasteiger partial charge on any atom is -0.353 e. The van der Waals surface area contributed by atoms with E-state index in [-0.39, 0.29) is 23.3 Å². The molecule has 3 rings (SSSR count). The average molecular weight is 373 g/mol. The van der Waals surface area contributed by atoms with Crippen LogP contribution in [0.4, 0.5) is 0 Å². The fourth-order valence-corrected chi connectivity index (χ4v) is 4.23. The molecule has 1 heterocycles. The van der Waals surface area contributed by atoms with Crippen molar-refractivity contribution in [3.63, 3.8) is 0 Å². The molecule has 1 saturated carbocycles. The predicted octanol–water partition coefficient (Wildman–Crippen LogP) is 1.74. The molecule has 5 nitrogen and oxygen atoms in total. The molecule has 0 spiro atoms. The Bertz CT molecular complexity index is 641. The summed E-state index contributed by atoms with van der Waals surface area (Å²) in [5.41, 5.74) is 0. The van der Waals surface area contributed by atoms with Crippen molar-refractivity contribution in [1.29, 1.82) is 0 Å². The largest absolute Gasteiger partial charge is 0.353 e. The van der Waals surface area contributed by atoms with Crippen LogP contribution in [-0.2, 0) is 14.8 Å². The maximum absolute atomic E-state index is 12.5. The molecule has 7 heteroatoms. The first-order valence-electron chi connectivity index (χ1n) is 7.03. The number of carbonyl (C=O) groups is 1. The van der Waals surface area contributed by atoms with Gasteiger partial charge < -0.3 is 5.32 Å². The number of sulfonamides is 1. The highest BCUT2D eigenvalue weighted by atomic mass is 79.9. The third-order valence-corrected chi connectivity index (χ3v) is 6.30. The Morgan fingerprint density at radius 1 is 1.19 bits per heavy atom. The first kappa shape index (κ1) is 15.0. The number of benzene rings is 1. The lowest BCUT2D eigenvalue weighted by molar-refractivity contribution is -0.124. The number of nitrogens with one attached hydrogen (secondary N) is 1. The topological polar surface area (TPSA) is 66.5 Å². The van der Waals surface area contributed by atoms with Gasteiger partial charge in [-0.3, -0.25) is 4.79 Å². The van der Waals surface area contributed by atoms with Gasteiger partial charge in [0.05, 0.1) is 10.8 Å². The van der Waals surface area contributed by atoms with Gasteiger partial charge >= 0.3 is 0 Å². The van der Waals surface area contributed by atoms with Gasteiger partial charge in [0.15, 0.2) is 0 Å². The molecule has 114 valence electrons. The minimum atomic E-state index is -3.50. The lowest BCUT2D eigenvalue weighted by Crippen LogP contribution is -2.35. The van der Waals surface area contributed by atoms with E-state index in [0.29, 0.717) is 19.0 Å². The molecule has 0 aromatic heterocycles. The van der Waals surface area contributed by atoms with E-state index in [0.717, 1.165) is 17.3 Å². The molecule has 1 aliphatic carbocycles. The van der Waals surface area contributed by atoms with Crippen molar-refractivity contribution in [1.82, 2.24) is 9.62 Å². The predicted molar refractivity (Wildman–Crippen MR) is 82.2 cm³/mol. The number of hydrogen-bond donors (Lipinski definition) is 1. The van der Waals surface area contributed by atoms with Crippen LogP contribution in [0.2, 0.25) is 0 Å². The smallest absolute Gasteiger partial charge is 0.243 e. The summed E-state index contributed by atoms with van der Waals surface area (Å²) < 4.78 is 27.3. The Kier molecular flexibility index (Phi) is 4.07. The van der Waals surface area contributed by atoms with Crippen molar-refractivity contribution < 1.29 is 13.2 Å². The molecule has 0 radical (unpaired) electrons. The van der Waals surface area contributed by atoms with Gasteiger partial charge in [-0.25, -0.2) is 8.42 Å². The van der Waals surface area contributed by atoms with Gasteiger partial charge in [-0.05, 0) is 43.5 Å². The molecule has 1 atom stereocenters. The van der Waals surface area contributed by atoms with Gasteiger partial charge in [0, 0.05) is 23.6 Å². The van der Waals surface area contributed by atoms with Gasteiger partial charge in [0.2, 0.25) is 15.9 Å². The number of rotatable bonds is 4. The molecule has 2 fully saturated rings. The van der Waals surface area contributed by atoms with Crippen LogP contribution in [0.15, 0.2) is 33.6 Å². The van der Waals surface area contributed by atoms with Crippen LogP contribution in [0.25, 0.3) is 0 Å². The zero-order valence-corrected chi connectivity index (χ0v) is 13.9. The number of halogens is 1. The summed E-state index contributed by atoms with van der Waals surface area (Å²) in [4.78, 5) is 12.3. The molecule has 1 unspecified atom stereocenters. The minimum absolute atomic E-state index is 0.00833. The molecule has 1 aliphatic heterocycles. The van der Waals surface area contributed by atoms with Crippen molar-refractivity contribution in [2.45, 2.75) is 30.2 Å². The number of nitrogens with zero attached hydrogens (tertiary/aromatic N) is 1. The van der Waals surface area contributed by atoms with Crippen molar-refractivity contribution in [2.75, 3.05) is 13.1 Å². The van der Waals surface area contributed by atoms with Crippen molar-refractivity contribution in [3.8, 4) is 0 Å². The molecule has 1 aromatic carbocycles. The number of amides is 1. The van der Waals surface area contributed by atoms with Gasteiger partial charge in [0.1, 0.15) is 0 Å². The Labute approximate surface area is 132 Å². The zero-order chi connectivity index (χ0) is 15.0. The lowest BCUT2D eigenvalue weighted by Gasteiger charge is -2.16. The fourth-order valence-electron chi connectivity index (χ4n) is 2.46. The van der Waals surface area contributed by atoms with Crippen LogP contribution in [-0.4, -0.2) is 37.8 Å². The molecule has 21 heavy (non-hydrogen) atoms. The third kappa shape index (κ3) is 3.30. The lowest BCUT2D eigenvalue weighted by atomic mass is 10.1. The highest BCUT2D eigenvalue weighted by Gasteiger charge is 2.37.